The van der Waals surface area contributed by atoms with E-state index in [0.717, 1.165) is 0 Å². The first-order chi connectivity index (χ1) is 5.75. The first-order valence-corrected chi connectivity index (χ1v) is 3.74. The molecule has 0 aromatic heterocycles. The van der Waals surface area contributed by atoms with Gasteiger partial charge in [-0.15, -0.1) is 0 Å². The van der Waals surface area contributed by atoms with Crippen molar-refractivity contribution in [3.8, 4) is 5.75 Å². The molecule has 0 aliphatic carbocycles. The molecule has 0 aliphatic rings. The molecule has 3 nitrogen and oxygen atoms in total. The van der Waals surface area contributed by atoms with Crippen molar-refractivity contribution in [3.63, 3.8) is 0 Å². The zero-order valence-corrected chi connectivity index (χ0v) is 6.57. The van der Waals surface area contributed by atoms with Crippen molar-refractivity contribution < 1.29 is 15.3 Å². The third kappa shape index (κ3) is 1.96. The summed E-state index contributed by atoms with van der Waals surface area (Å²) in [6.45, 7) is -0.102. The third-order valence-electron chi connectivity index (χ3n) is 1.63. The predicted molar refractivity (Wildman–Crippen MR) is 43.6 cm³/mol. The molecule has 1 aromatic rings. The number of phenols is 1. The maximum Gasteiger partial charge on any atom is 0.129 e. The van der Waals surface area contributed by atoms with E-state index in [0.29, 0.717) is 5.56 Å². The minimum Gasteiger partial charge on any atom is -0.507 e. The number of rotatable bonds is 3. The largest absolute Gasteiger partial charge is 0.507 e. The Kier molecular flexibility index (Phi) is 3.08. The van der Waals surface area contributed by atoms with E-state index in [-0.39, 0.29) is 18.8 Å². The Morgan fingerprint density at radius 1 is 1.50 bits per heavy atom. The fourth-order valence-electron chi connectivity index (χ4n) is 0.988. The zero-order valence-electron chi connectivity index (χ0n) is 6.57. The van der Waals surface area contributed by atoms with Gasteiger partial charge in [-0.1, -0.05) is 18.2 Å². The van der Waals surface area contributed by atoms with Crippen LogP contribution in [0.5, 0.6) is 5.75 Å². The fraction of sp³-hybridized carbons (Fsp3) is 0.333. The van der Waals surface area contributed by atoms with E-state index >= 15 is 0 Å². The van der Waals surface area contributed by atoms with Gasteiger partial charge in [0.1, 0.15) is 5.75 Å². The summed E-state index contributed by atoms with van der Waals surface area (Å²) in [4.78, 5) is 0. The minimum absolute atomic E-state index is 0.0570. The Balaban J connectivity index is 2.79. The smallest absolute Gasteiger partial charge is 0.129 e. The Morgan fingerprint density at radius 3 is 2.83 bits per heavy atom. The average Bonchev–Trinajstić information content (AvgIpc) is 2.05. The number of hydrogen-bond acceptors (Lipinski definition) is 3. The van der Waals surface area contributed by atoms with E-state index < -0.39 is 6.10 Å². The van der Waals surface area contributed by atoms with Gasteiger partial charge in [0.2, 0.25) is 0 Å². The molecule has 3 heteroatoms. The number of para-hydroxylation sites is 1. The van der Waals surface area contributed by atoms with Crippen LogP contribution in [0.2, 0.25) is 0 Å². The van der Waals surface area contributed by atoms with Gasteiger partial charge in [-0.3, -0.25) is 0 Å². The van der Waals surface area contributed by atoms with Crippen LogP contribution in [0.4, 0.5) is 0 Å². The maximum absolute atomic E-state index is 9.36. The van der Waals surface area contributed by atoms with Gasteiger partial charge >= 0.3 is 0 Å². The second-order valence-electron chi connectivity index (χ2n) is 2.50. The van der Waals surface area contributed by atoms with Crippen molar-refractivity contribution in [2.75, 3.05) is 6.61 Å². The van der Waals surface area contributed by atoms with E-state index in [1.54, 1.807) is 18.2 Å². The van der Waals surface area contributed by atoms with Crippen LogP contribution < -0.4 is 0 Å². The van der Waals surface area contributed by atoms with Gasteiger partial charge in [0.05, 0.1) is 6.10 Å². The summed E-state index contributed by atoms with van der Waals surface area (Å²) in [6, 6.07) is 7.39. The summed E-state index contributed by atoms with van der Waals surface area (Å²) in [6.07, 6.45) is -0.585. The molecule has 0 saturated carbocycles. The molecule has 1 rings (SSSR count). The number of aliphatic hydroxyl groups is 2. The second kappa shape index (κ2) is 4.09. The molecule has 0 bridgehead atoms. The quantitative estimate of drug-likeness (QED) is 0.618. The monoisotopic (exact) mass is 167 g/mol. The number of benzene rings is 1. The van der Waals surface area contributed by atoms with E-state index in [2.05, 4.69) is 6.07 Å². The minimum atomic E-state index is -0.813. The van der Waals surface area contributed by atoms with Crippen molar-refractivity contribution in [1.29, 1.82) is 0 Å². The lowest BCUT2D eigenvalue weighted by Crippen LogP contribution is -2.00. The molecule has 65 valence electrons. The molecule has 1 aromatic carbocycles. The van der Waals surface area contributed by atoms with Crippen LogP contribution in [-0.4, -0.2) is 21.9 Å². The van der Waals surface area contributed by atoms with Crippen molar-refractivity contribution in [2.45, 2.75) is 12.5 Å². The Bertz CT molecular complexity index is 247. The van der Waals surface area contributed by atoms with Gasteiger partial charge in [-0.25, -0.2) is 0 Å². The standard InChI is InChI=1S/C9H11O3/c10-6-5-9(12)7-3-1-2-4-8(7)11/h1-3,9-12H,5-6H2. The predicted octanol–water partition coefficient (Wildman–Crippen LogP) is 0.608. The van der Waals surface area contributed by atoms with Gasteiger partial charge in [0.15, 0.2) is 0 Å². The molecule has 0 saturated heterocycles. The van der Waals surface area contributed by atoms with Crippen LogP contribution in [0.3, 0.4) is 0 Å². The van der Waals surface area contributed by atoms with E-state index in [1.807, 2.05) is 0 Å². The maximum atomic E-state index is 9.36. The van der Waals surface area contributed by atoms with Crippen molar-refractivity contribution in [3.05, 3.63) is 29.8 Å². The lowest BCUT2D eigenvalue weighted by molar-refractivity contribution is 0.132. The molecular formula is C9H11O3. The number of phenolic OH excluding ortho intramolecular Hbond substituents is 1. The highest BCUT2D eigenvalue weighted by molar-refractivity contribution is 5.32. The summed E-state index contributed by atoms with van der Waals surface area (Å²) in [5, 5.41) is 27.1. The topological polar surface area (TPSA) is 60.7 Å². The van der Waals surface area contributed by atoms with Crippen molar-refractivity contribution in [2.24, 2.45) is 0 Å². The lowest BCUT2D eigenvalue weighted by Gasteiger charge is -2.09. The van der Waals surface area contributed by atoms with Gasteiger partial charge in [0.25, 0.3) is 0 Å². The van der Waals surface area contributed by atoms with Gasteiger partial charge in [0, 0.05) is 24.7 Å². The van der Waals surface area contributed by atoms with E-state index in [4.69, 9.17) is 5.11 Å². The van der Waals surface area contributed by atoms with Gasteiger partial charge in [-0.2, -0.15) is 0 Å². The highest BCUT2D eigenvalue weighted by atomic mass is 16.3. The molecule has 0 amide bonds. The first kappa shape index (κ1) is 9.03. The fourth-order valence-corrected chi connectivity index (χ4v) is 0.988. The molecule has 0 spiro atoms. The average molecular weight is 167 g/mol. The molecule has 0 fully saturated rings. The van der Waals surface area contributed by atoms with Crippen molar-refractivity contribution >= 4 is 0 Å². The first-order valence-electron chi connectivity index (χ1n) is 3.74. The second-order valence-corrected chi connectivity index (χ2v) is 2.50. The molecule has 3 N–H and O–H groups in total. The van der Waals surface area contributed by atoms with Crippen LogP contribution >= 0.6 is 0 Å². The third-order valence-corrected chi connectivity index (χ3v) is 1.63. The van der Waals surface area contributed by atoms with Crippen LogP contribution in [0.1, 0.15) is 18.1 Å². The molecule has 1 unspecified atom stereocenters. The van der Waals surface area contributed by atoms with Crippen molar-refractivity contribution in [1.82, 2.24) is 0 Å². The molecule has 0 aliphatic heterocycles. The molecule has 1 atom stereocenters. The highest BCUT2D eigenvalue weighted by Crippen LogP contribution is 2.24. The van der Waals surface area contributed by atoms with Crippen LogP contribution in [0.15, 0.2) is 18.2 Å². The summed E-state index contributed by atoms with van der Waals surface area (Å²) in [7, 11) is 0. The summed E-state index contributed by atoms with van der Waals surface area (Å²) >= 11 is 0. The lowest BCUT2D eigenvalue weighted by atomic mass is 10.1. The Labute approximate surface area is 70.9 Å². The van der Waals surface area contributed by atoms with E-state index in [1.165, 1.54) is 0 Å². The Morgan fingerprint density at radius 2 is 2.25 bits per heavy atom. The number of hydrogen-bond donors (Lipinski definition) is 3. The zero-order chi connectivity index (χ0) is 8.97. The van der Waals surface area contributed by atoms with Crippen LogP contribution in [0.25, 0.3) is 0 Å². The number of aliphatic hydroxyl groups excluding tert-OH is 2. The SMILES string of the molecule is OCCC(O)c1ccc[c]c1O. The van der Waals surface area contributed by atoms with E-state index in [9.17, 15) is 10.2 Å². The summed E-state index contributed by atoms with van der Waals surface area (Å²) in [5.74, 6) is -0.0570. The van der Waals surface area contributed by atoms with Gasteiger partial charge < -0.3 is 15.3 Å². The summed E-state index contributed by atoms with van der Waals surface area (Å²) in [5.41, 5.74) is 0.409. The number of aromatic hydroxyl groups is 1. The molecule has 12 heavy (non-hydrogen) atoms. The normalized spacial score (nSPS) is 12.8. The van der Waals surface area contributed by atoms with Gasteiger partial charge in [-0.05, 0) is 0 Å². The highest BCUT2D eigenvalue weighted by Gasteiger charge is 2.10. The Hall–Kier alpha value is -1.06. The molecular weight excluding hydrogens is 156 g/mol. The molecule has 1 radical (unpaired) electrons. The van der Waals surface area contributed by atoms with Crippen LogP contribution in [-0.2, 0) is 0 Å². The van der Waals surface area contributed by atoms with Crippen LogP contribution in [0, 0.1) is 6.07 Å². The summed E-state index contributed by atoms with van der Waals surface area (Å²) < 4.78 is 0. The molecule has 0 heterocycles.